The van der Waals surface area contributed by atoms with Crippen molar-refractivity contribution in [1.29, 1.82) is 16.2 Å². The lowest BCUT2D eigenvalue weighted by molar-refractivity contribution is -0.142. The number of fused-ring (bicyclic) bond motifs is 2. The van der Waals surface area contributed by atoms with Crippen molar-refractivity contribution in [3.05, 3.63) is 132 Å². The summed E-state index contributed by atoms with van der Waals surface area (Å²) in [4.78, 5) is 205. The Bertz CT molecular complexity index is 4820. The zero-order valence-electron chi connectivity index (χ0n) is 71.8. The van der Waals surface area contributed by atoms with Crippen LogP contribution in [0.4, 0.5) is 0 Å². The highest BCUT2D eigenvalue weighted by Gasteiger charge is 2.39. The number of hydrogen-bond donors (Lipinski definition) is 29. The van der Waals surface area contributed by atoms with Crippen LogP contribution in [-0.4, -0.2) is 254 Å². The number of H-pyrrole nitrogens is 2. The maximum atomic E-state index is 15.5. The molecule has 0 saturated heterocycles. The zero-order chi connectivity index (χ0) is 94.3. The van der Waals surface area contributed by atoms with E-state index in [9.17, 15) is 68.7 Å². The lowest BCUT2D eigenvalue weighted by Gasteiger charge is -2.30. The second-order valence-corrected chi connectivity index (χ2v) is 32.1. The number of para-hydroxylation sites is 2. The third-order valence-electron chi connectivity index (χ3n) is 20.9. The van der Waals surface area contributed by atoms with Gasteiger partial charge in [0, 0.05) is 85.9 Å². The Kier molecular flexibility index (Phi) is 42.0. The standard InChI is InChI=1S/C84H120N24O19S/c1-6-45(4)69(108-77(122)61(36-46-21-25-50(110)26-22-46)103-76(121)62(38-48-40-95-55-16-9-7-14-52(48)55)104-73(118)59(20-13-34-94-84(90)91)101-72(117)58(19-12-33-93-83(88)89)99-70(115)54(85)31-35-128-5)80(125)105-63(39-49-41-96-56-17-10-8-15-53(49)56)75(120)102-60(29-30-67(113)114)74(119)107-68(44(2)3)79(124)106-65(43-109)78(123)100-57(18-11-32-92-82(86)87)71(116)97-42-66(112)98-64(81(126)127)37-47-23-27-51(111)28-24-47/h7-10,14-17,21-28,40-41,44-45,54,57-65,68-69,95-96,109-111H,6,11-13,18-20,29-39,42-43,85H2,1-5H3,(H,97,116)(H,98,112)(H,99,115)(H,100,123)(H,101,117)(H,102,120)(H,103,121)(H,104,118)(H,105,125)(H,106,124)(H,107,119)(H,108,122)(H,113,114)(H,126,127)(H4,86,87,92)(H4,88,89,93)(H4,90,91,94)/t45-,54-,57-,58-,59-,60-,61-,62-,63-,64-,65-,68-,69-/m0/s1. The van der Waals surface area contributed by atoms with E-state index in [4.69, 9.17) is 39.2 Å². The lowest BCUT2D eigenvalue weighted by atomic mass is 9.95. The molecule has 6 aromatic rings. The molecule has 0 fully saturated rings. The van der Waals surface area contributed by atoms with E-state index in [1.54, 1.807) is 74.8 Å². The minimum Gasteiger partial charge on any atom is -0.508 e. The predicted octanol–water partition coefficient (Wildman–Crippen LogP) is -2.71. The number of carboxylic acids is 2. The number of nitrogens with one attached hydrogen (secondary N) is 20. The Morgan fingerprint density at radius 2 is 0.789 bits per heavy atom. The zero-order valence-corrected chi connectivity index (χ0v) is 72.6. The molecule has 696 valence electrons. The van der Waals surface area contributed by atoms with E-state index in [0.29, 0.717) is 49.8 Å². The van der Waals surface area contributed by atoms with Crippen molar-refractivity contribution in [3.8, 4) is 11.5 Å². The number of aromatic hydroxyl groups is 2. The van der Waals surface area contributed by atoms with E-state index in [1.165, 1.54) is 74.1 Å². The molecule has 0 spiro atoms. The summed E-state index contributed by atoms with van der Waals surface area (Å²) in [5.41, 5.74) is 25.8. The number of aliphatic hydroxyl groups excluding tert-OH is 1. The molecule has 0 unspecified atom stereocenters. The van der Waals surface area contributed by atoms with Crippen LogP contribution in [-0.2, 0) is 92.8 Å². The summed E-state index contributed by atoms with van der Waals surface area (Å²) < 4.78 is 0. The first-order valence-corrected chi connectivity index (χ1v) is 43.1. The molecule has 2 aromatic heterocycles. The maximum absolute atomic E-state index is 15.5. The third-order valence-corrected chi connectivity index (χ3v) is 21.5. The molecule has 6 rings (SSSR count). The molecular formula is C84H120N24O19S. The van der Waals surface area contributed by atoms with Crippen molar-refractivity contribution in [2.45, 2.75) is 190 Å². The Morgan fingerprint density at radius 1 is 0.422 bits per heavy atom. The average molecular weight is 1800 g/mol. The molecule has 44 heteroatoms. The lowest BCUT2D eigenvalue weighted by Crippen LogP contribution is -2.62. The fourth-order valence-electron chi connectivity index (χ4n) is 13.5. The number of amides is 12. The molecule has 128 heavy (non-hydrogen) atoms. The summed E-state index contributed by atoms with van der Waals surface area (Å²) in [5, 5.41) is 114. The van der Waals surface area contributed by atoms with Crippen molar-refractivity contribution in [3.63, 3.8) is 0 Å². The number of carbonyl (C=O) groups is 14. The van der Waals surface area contributed by atoms with Crippen LogP contribution in [0, 0.1) is 28.1 Å². The number of phenols is 2. The van der Waals surface area contributed by atoms with Crippen molar-refractivity contribution >= 4 is 134 Å². The number of aliphatic hydroxyl groups is 1. The number of thioether (sulfide) groups is 1. The van der Waals surface area contributed by atoms with Crippen LogP contribution >= 0.6 is 11.8 Å². The normalized spacial score (nSPS) is 14.2. The summed E-state index contributed by atoms with van der Waals surface area (Å²) in [6.45, 7) is 4.52. The minimum atomic E-state index is -1.87. The highest BCUT2D eigenvalue weighted by molar-refractivity contribution is 7.98. The van der Waals surface area contributed by atoms with Crippen LogP contribution in [0.3, 0.4) is 0 Å². The van der Waals surface area contributed by atoms with Gasteiger partial charge in [0.2, 0.25) is 70.9 Å². The summed E-state index contributed by atoms with van der Waals surface area (Å²) >= 11 is 1.45. The summed E-state index contributed by atoms with van der Waals surface area (Å²) in [7, 11) is 0. The molecule has 2 heterocycles. The number of guanidine groups is 3. The molecular weight excluding hydrogens is 1680 g/mol. The van der Waals surface area contributed by atoms with Crippen molar-refractivity contribution < 1.29 is 92.7 Å². The van der Waals surface area contributed by atoms with Gasteiger partial charge in [-0.25, -0.2) is 4.79 Å². The quantitative estimate of drug-likeness (QED) is 0.0105. The number of carbonyl (C=O) groups excluding carboxylic acids is 12. The van der Waals surface area contributed by atoms with Gasteiger partial charge < -0.3 is 138 Å². The van der Waals surface area contributed by atoms with Gasteiger partial charge in [-0.2, -0.15) is 11.8 Å². The monoisotopic (exact) mass is 1800 g/mol. The number of nitrogens with two attached hydrogens (primary N) is 4. The molecule has 43 nitrogen and oxygen atoms in total. The van der Waals surface area contributed by atoms with Gasteiger partial charge in [0.25, 0.3) is 0 Å². The largest absolute Gasteiger partial charge is 0.508 e. The fraction of sp³-hybridized carbons (Fsp3) is 0.464. The molecule has 0 saturated carbocycles. The summed E-state index contributed by atoms with van der Waals surface area (Å²) in [6, 6.07) is 6.55. The second-order valence-electron chi connectivity index (χ2n) is 31.1. The van der Waals surface area contributed by atoms with Gasteiger partial charge in [0.1, 0.15) is 78.0 Å². The maximum Gasteiger partial charge on any atom is 0.326 e. The van der Waals surface area contributed by atoms with Gasteiger partial charge in [-0.05, 0) is 134 Å². The van der Waals surface area contributed by atoms with Gasteiger partial charge in [-0.15, -0.1) is 0 Å². The molecule has 0 aliphatic rings. The first-order chi connectivity index (χ1) is 60.9. The van der Waals surface area contributed by atoms with Crippen LogP contribution < -0.4 is 103 Å². The number of aromatic amines is 2. The molecule has 4 aromatic carbocycles. The summed E-state index contributed by atoms with van der Waals surface area (Å²) in [5.74, 6) is -17.1. The van der Waals surface area contributed by atoms with E-state index >= 15 is 24.0 Å². The van der Waals surface area contributed by atoms with E-state index in [-0.39, 0.29) is 120 Å². The number of aliphatic carboxylic acids is 2. The topological polar surface area (TPSA) is 728 Å². The smallest absolute Gasteiger partial charge is 0.326 e. The van der Waals surface area contributed by atoms with Crippen molar-refractivity contribution in [2.24, 2.45) is 34.8 Å². The Balaban J connectivity index is 1.29. The van der Waals surface area contributed by atoms with E-state index in [2.05, 4.69) is 89.7 Å². The number of benzene rings is 4. The van der Waals surface area contributed by atoms with Crippen molar-refractivity contribution in [1.82, 2.24) is 89.7 Å². The van der Waals surface area contributed by atoms with Gasteiger partial charge in [0.15, 0.2) is 17.9 Å². The van der Waals surface area contributed by atoms with Crippen LogP contribution in [0.25, 0.3) is 21.8 Å². The number of phenolic OH excluding ortho intramolecular Hbond substituents is 2. The van der Waals surface area contributed by atoms with Gasteiger partial charge in [-0.3, -0.25) is 78.6 Å². The van der Waals surface area contributed by atoms with Crippen molar-refractivity contribution in [2.75, 3.05) is 44.8 Å². The van der Waals surface area contributed by atoms with Gasteiger partial charge >= 0.3 is 11.9 Å². The molecule has 33 N–H and O–H groups in total. The highest BCUT2D eigenvalue weighted by Crippen LogP contribution is 2.24. The first-order valence-electron chi connectivity index (χ1n) is 41.7. The second kappa shape index (κ2) is 52.2. The minimum absolute atomic E-state index is 0.00423. The van der Waals surface area contributed by atoms with E-state index in [1.807, 2.05) is 6.26 Å². The van der Waals surface area contributed by atoms with Gasteiger partial charge in [0.05, 0.1) is 19.2 Å². The van der Waals surface area contributed by atoms with Crippen LogP contribution in [0.1, 0.15) is 114 Å². The molecule has 0 bridgehead atoms. The van der Waals surface area contributed by atoms with Crippen LogP contribution in [0.15, 0.2) is 109 Å². The predicted molar refractivity (Wildman–Crippen MR) is 476 cm³/mol. The molecule has 12 amide bonds. The van der Waals surface area contributed by atoms with Gasteiger partial charge in [-0.1, -0.05) is 94.8 Å². The Morgan fingerprint density at radius 3 is 1.22 bits per heavy atom. The molecule has 0 radical (unpaired) electrons. The van der Waals surface area contributed by atoms with E-state index < -0.39 is 199 Å². The number of carboxylic acid groups (broad SMARTS) is 2. The number of hydrogen-bond acceptors (Lipinski definition) is 22. The SMILES string of the molecule is CC[C@H](C)[C@H](NC(=O)[C@H](Cc1ccc(O)cc1)NC(=O)[C@H](Cc1c[nH]c2ccccc12)NC(=O)[C@H](CCCNC(=N)N)NC(=O)[C@H](CCCNC(=N)N)NC(=O)[C@@H](N)CCSC)C(=O)N[C@@H](Cc1c[nH]c2ccccc12)C(=O)N[C@@H](CCC(=O)O)C(=O)N[C@H](C(=O)N[C@@H](CO)C(=O)N[C@@H](CCCNC(=N)N)C(=O)NCC(=O)N[C@@H](Cc1ccc(O)cc1)C(=O)O)C(C)C. The average Bonchev–Trinajstić information content (AvgIpc) is 1.66. The van der Waals surface area contributed by atoms with Crippen LogP contribution in [0.5, 0.6) is 11.5 Å². The van der Waals surface area contributed by atoms with E-state index in [0.717, 1.165) is 0 Å². The Hall–Kier alpha value is -13.8. The first kappa shape index (κ1) is 103. The molecule has 0 aliphatic heterocycles. The number of rotatable bonds is 55. The number of aromatic nitrogens is 2. The van der Waals surface area contributed by atoms with Crippen LogP contribution in [0.2, 0.25) is 0 Å². The Labute approximate surface area is 742 Å². The molecule has 0 aliphatic carbocycles. The molecule has 13 atom stereocenters. The summed E-state index contributed by atoms with van der Waals surface area (Å²) in [6.07, 6.45) is 2.89. The third kappa shape index (κ3) is 34.3. The highest BCUT2D eigenvalue weighted by atomic mass is 32.2. The fourth-order valence-corrected chi connectivity index (χ4v) is 14.0.